The van der Waals surface area contributed by atoms with Gasteiger partial charge in [-0.15, -0.1) is 0 Å². The van der Waals surface area contributed by atoms with Crippen molar-refractivity contribution in [3.63, 3.8) is 0 Å². The van der Waals surface area contributed by atoms with E-state index in [1.165, 1.54) is 5.57 Å². The third-order valence-corrected chi connectivity index (χ3v) is 3.76. The van der Waals surface area contributed by atoms with Crippen LogP contribution in [0, 0.1) is 0 Å². The maximum Gasteiger partial charge on any atom is 0.222 e. The monoisotopic (exact) mass is 280 g/mol. The molecular weight excluding hydrogens is 264 g/mol. The molecule has 1 aliphatic heterocycles. The van der Waals surface area contributed by atoms with Crippen molar-refractivity contribution >= 4 is 17.2 Å². The van der Waals surface area contributed by atoms with Gasteiger partial charge in [-0.2, -0.15) is 0 Å². The molecule has 0 spiro atoms. The summed E-state index contributed by atoms with van der Waals surface area (Å²) in [5, 5.41) is 0.454. The van der Waals surface area contributed by atoms with Gasteiger partial charge in [0.25, 0.3) is 0 Å². The minimum absolute atomic E-state index is 0.167. The molecule has 0 saturated heterocycles. The lowest BCUT2D eigenvalue weighted by Gasteiger charge is -2.32. The van der Waals surface area contributed by atoms with Crippen LogP contribution in [0.1, 0.15) is 24.8 Å². The highest BCUT2D eigenvalue weighted by Gasteiger charge is 2.29. The molecule has 2 N–H and O–H groups in total. The van der Waals surface area contributed by atoms with Crippen molar-refractivity contribution in [3.05, 3.63) is 28.9 Å². The lowest BCUT2D eigenvalue weighted by molar-refractivity contribution is 0.0953. The second-order valence-corrected chi connectivity index (χ2v) is 5.40. The number of halogens is 1. The molecule has 4 nitrogen and oxygen atoms in total. The topological polar surface area (TPSA) is 57.4 Å². The minimum atomic E-state index is 0.167. The summed E-state index contributed by atoms with van der Waals surface area (Å²) in [4.78, 5) is 4.32. The number of ether oxygens (including phenoxy) is 2. The Morgan fingerprint density at radius 3 is 2.89 bits per heavy atom. The lowest BCUT2D eigenvalue weighted by atomic mass is 9.90. The van der Waals surface area contributed by atoms with Crippen LogP contribution in [0.15, 0.2) is 18.2 Å². The molecule has 0 radical (unpaired) electrons. The van der Waals surface area contributed by atoms with Crippen molar-refractivity contribution in [1.82, 2.24) is 4.98 Å². The van der Waals surface area contributed by atoms with E-state index in [0.29, 0.717) is 17.6 Å². The zero-order chi connectivity index (χ0) is 13.2. The predicted octanol–water partition coefficient (Wildman–Crippen LogP) is 2.41. The molecule has 5 heteroatoms. The molecule has 1 saturated carbocycles. The van der Waals surface area contributed by atoms with Crippen molar-refractivity contribution in [1.29, 1.82) is 0 Å². The summed E-state index contributed by atoms with van der Waals surface area (Å²) in [6.07, 6.45) is 4.89. The lowest BCUT2D eigenvalue weighted by Crippen LogP contribution is -2.43. The Morgan fingerprint density at radius 2 is 2.21 bits per heavy atom. The van der Waals surface area contributed by atoms with E-state index in [9.17, 15) is 0 Å². The number of nitrogens with zero attached hydrogens (tertiary/aromatic N) is 1. The largest absolute Gasteiger partial charge is 0.474 e. The molecule has 102 valence electrons. The van der Waals surface area contributed by atoms with Crippen LogP contribution < -0.4 is 10.5 Å². The SMILES string of the molecule is N[C@H]1C[C@@H](Oc2nc(Cl)ccc2C2=CCOCC2)C1. The standard InChI is InChI=1S/C14H17ClN2O2/c15-13-2-1-12(9-3-5-18-6-4-9)14(17-13)19-11-7-10(16)8-11/h1-3,10-11H,4-8,16H2/t10-,11+. The zero-order valence-corrected chi connectivity index (χ0v) is 11.4. The van der Waals surface area contributed by atoms with Crippen LogP contribution in [0.2, 0.25) is 5.15 Å². The molecule has 1 fully saturated rings. The Balaban J connectivity index is 1.84. The number of pyridine rings is 1. The van der Waals surface area contributed by atoms with E-state index < -0.39 is 0 Å². The fourth-order valence-electron chi connectivity index (χ4n) is 2.38. The van der Waals surface area contributed by atoms with Gasteiger partial charge in [0.15, 0.2) is 0 Å². The highest BCUT2D eigenvalue weighted by atomic mass is 35.5. The summed E-state index contributed by atoms with van der Waals surface area (Å²) in [5.74, 6) is 0.623. The van der Waals surface area contributed by atoms with Gasteiger partial charge in [-0.1, -0.05) is 17.7 Å². The average molecular weight is 281 g/mol. The van der Waals surface area contributed by atoms with Crippen LogP contribution in [-0.4, -0.2) is 30.3 Å². The number of rotatable bonds is 3. The average Bonchev–Trinajstić information content (AvgIpc) is 2.38. The Bertz CT molecular complexity index is 498. The first kappa shape index (κ1) is 12.9. The van der Waals surface area contributed by atoms with Gasteiger partial charge >= 0.3 is 0 Å². The molecule has 0 atom stereocenters. The summed E-state index contributed by atoms with van der Waals surface area (Å²) in [6.45, 7) is 1.38. The highest BCUT2D eigenvalue weighted by molar-refractivity contribution is 6.29. The van der Waals surface area contributed by atoms with Gasteiger partial charge in [-0.3, -0.25) is 0 Å². The molecule has 1 aromatic rings. The van der Waals surface area contributed by atoms with Gasteiger partial charge < -0.3 is 15.2 Å². The van der Waals surface area contributed by atoms with Crippen LogP contribution in [0.5, 0.6) is 5.88 Å². The molecule has 3 rings (SSSR count). The van der Waals surface area contributed by atoms with Crippen molar-refractivity contribution in [2.24, 2.45) is 5.73 Å². The number of aromatic nitrogens is 1. The van der Waals surface area contributed by atoms with E-state index in [0.717, 1.165) is 31.4 Å². The molecule has 0 bridgehead atoms. The van der Waals surface area contributed by atoms with Crippen LogP contribution in [-0.2, 0) is 4.74 Å². The normalized spacial score (nSPS) is 26.5. The Labute approximate surface area is 117 Å². The predicted molar refractivity (Wildman–Crippen MR) is 74.3 cm³/mol. The van der Waals surface area contributed by atoms with E-state index in [-0.39, 0.29) is 12.1 Å². The molecule has 0 unspecified atom stereocenters. The Kier molecular flexibility index (Phi) is 3.73. The Hall–Kier alpha value is -1.10. The highest BCUT2D eigenvalue weighted by Crippen LogP contribution is 2.32. The van der Waals surface area contributed by atoms with E-state index in [4.69, 9.17) is 26.8 Å². The van der Waals surface area contributed by atoms with Gasteiger partial charge in [-0.05, 0) is 37.0 Å². The molecule has 1 aliphatic carbocycles. The Morgan fingerprint density at radius 1 is 1.37 bits per heavy atom. The molecule has 0 amide bonds. The molecule has 19 heavy (non-hydrogen) atoms. The van der Waals surface area contributed by atoms with E-state index in [1.54, 1.807) is 6.07 Å². The summed E-state index contributed by atoms with van der Waals surface area (Å²) in [6, 6.07) is 4.03. The quantitative estimate of drug-likeness (QED) is 0.864. The van der Waals surface area contributed by atoms with E-state index in [1.807, 2.05) is 6.07 Å². The van der Waals surface area contributed by atoms with Crippen LogP contribution in [0.3, 0.4) is 0 Å². The molecular formula is C14H17ClN2O2. The van der Waals surface area contributed by atoms with Crippen LogP contribution in [0.25, 0.3) is 5.57 Å². The maximum atomic E-state index is 5.97. The molecule has 2 aliphatic rings. The van der Waals surface area contributed by atoms with Crippen LogP contribution in [0.4, 0.5) is 0 Å². The first-order valence-corrected chi connectivity index (χ1v) is 6.96. The van der Waals surface area contributed by atoms with Gasteiger partial charge in [0.2, 0.25) is 5.88 Å². The van der Waals surface area contributed by atoms with E-state index in [2.05, 4.69) is 11.1 Å². The number of nitrogens with two attached hydrogens (primary N) is 1. The molecule has 1 aromatic heterocycles. The first-order valence-electron chi connectivity index (χ1n) is 6.58. The fraction of sp³-hybridized carbons (Fsp3) is 0.500. The second kappa shape index (κ2) is 5.49. The van der Waals surface area contributed by atoms with E-state index >= 15 is 0 Å². The first-order chi connectivity index (χ1) is 9.22. The van der Waals surface area contributed by atoms with Crippen molar-refractivity contribution in [2.45, 2.75) is 31.4 Å². The van der Waals surface area contributed by atoms with Crippen molar-refractivity contribution in [2.75, 3.05) is 13.2 Å². The van der Waals surface area contributed by atoms with Crippen molar-refractivity contribution in [3.8, 4) is 5.88 Å². The number of hydrogen-bond acceptors (Lipinski definition) is 4. The summed E-state index contributed by atoms with van der Waals surface area (Å²) >= 11 is 5.97. The van der Waals surface area contributed by atoms with Gasteiger partial charge in [0.05, 0.1) is 13.2 Å². The van der Waals surface area contributed by atoms with Gasteiger partial charge in [-0.25, -0.2) is 4.98 Å². The van der Waals surface area contributed by atoms with Crippen molar-refractivity contribution < 1.29 is 9.47 Å². The molecule has 0 aromatic carbocycles. The smallest absolute Gasteiger partial charge is 0.222 e. The zero-order valence-electron chi connectivity index (χ0n) is 10.6. The third kappa shape index (κ3) is 2.91. The second-order valence-electron chi connectivity index (χ2n) is 5.01. The fourth-order valence-corrected chi connectivity index (χ4v) is 2.52. The third-order valence-electron chi connectivity index (χ3n) is 3.55. The number of hydrogen-bond donors (Lipinski definition) is 1. The minimum Gasteiger partial charge on any atom is -0.474 e. The summed E-state index contributed by atoms with van der Waals surface area (Å²) in [7, 11) is 0. The molecule has 2 heterocycles. The van der Waals surface area contributed by atoms with Crippen LogP contribution >= 0.6 is 11.6 Å². The van der Waals surface area contributed by atoms with Gasteiger partial charge in [0, 0.05) is 11.6 Å². The summed E-state index contributed by atoms with van der Waals surface area (Å²) < 4.78 is 11.3. The summed E-state index contributed by atoms with van der Waals surface area (Å²) in [5.41, 5.74) is 8.02. The van der Waals surface area contributed by atoms with Gasteiger partial charge in [0.1, 0.15) is 11.3 Å². The maximum absolute atomic E-state index is 5.97.